The van der Waals surface area contributed by atoms with Gasteiger partial charge in [-0.1, -0.05) is 12.1 Å². The Kier molecular flexibility index (Phi) is 8.95. The van der Waals surface area contributed by atoms with Gasteiger partial charge in [0.1, 0.15) is 12.1 Å². The van der Waals surface area contributed by atoms with E-state index in [0.717, 1.165) is 22.2 Å². The summed E-state index contributed by atoms with van der Waals surface area (Å²) in [7, 11) is 5.35. The van der Waals surface area contributed by atoms with Gasteiger partial charge in [-0.2, -0.15) is 0 Å². The number of hydrogen-bond acceptors (Lipinski definition) is 7. The fraction of sp³-hybridized carbons (Fsp3) is 0.478. The summed E-state index contributed by atoms with van der Waals surface area (Å²) in [6, 6.07) is 4.93. The molecule has 1 aromatic carbocycles. The predicted octanol–water partition coefficient (Wildman–Crippen LogP) is 2.23. The van der Waals surface area contributed by atoms with Crippen LogP contribution in [0.25, 0.3) is 10.9 Å². The predicted molar refractivity (Wildman–Crippen MR) is 123 cm³/mol. The molecule has 174 valence electrons. The maximum Gasteiger partial charge on any atom is 0.328 e. The highest BCUT2D eigenvalue weighted by Gasteiger charge is 2.28. The SMILES string of the molecule is CO[C@@H](Cc1c[nH]c2c(N(C)C)cccc12)C(=O)N[C@@H](CCC(=O)C=N)C(=O)OC(C)C. The molecule has 0 radical (unpaired) electrons. The maximum absolute atomic E-state index is 12.9. The third-order valence-electron chi connectivity index (χ3n) is 5.04. The number of benzene rings is 1. The summed E-state index contributed by atoms with van der Waals surface area (Å²) < 4.78 is 10.6. The summed E-state index contributed by atoms with van der Waals surface area (Å²) in [4.78, 5) is 42.1. The van der Waals surface area contributed by atoms with E-state index in [1.54, 1.807) is 13.8 Å². The molecule has 0 aliphatic carbocycles. The summed E-state index contributed by atoms with van der Waals surface area (Å²) >= 11 is 0. The number of ether oxygens (including phenoxy) is 2. The lowest BCUT2D eigenvalue weighted by molar-refractivity contribution is -0.152. The summed E-state index contributed by atoms with van der Waals surface area (Å²) in [5.74, 6) is -1.53. The smallest absolute Gasteiger partial charge is 0.328 e. The number of aromatic nitrogens is 1. The summed E-state index contributed by atoms with van der Waals surface area (Å²) in [5, 5.41) is 10.7. The minimum Gasteiger partial charge on any atom is -0.461 e. The van der Waals surface area contributed by atoms with Crippen molar-refractivity contribution in [2.75, 3.05) is 26.1 Å². The zero-order valence-corrected chi connectivity index (χ0v) is 19.2. The summed E-state index contributed by atoms with van der Waals surface area (Å²) in [5.41, 5.74) is 2.90. The number of carbonyl (C=O) groups excluding carboxylic acids is 3. The third kappa shape index (κ3) is 6.40. The zero-order chi connectivity index (χ0) is 23.8. The molecule has 9 heteroatoms. The average molecular weight is 445 g/mol. The summed E-state index contributed by atoms with van der Waals surface area (Å²) in [6.07, 6.45) is 1.63. The van der Waals surface area contributed by atoms with E-state index in [4.69, 9.17) is 14.9 Å². The fourth-order valence-electron chi connectivity index (χ4n) is 3.41. The molecular weight excluding hydrogens is 412 g/mol. The number of nitrogens with zero attached hydrogens (tertiary/aromatic N) is 1. The largest absolute Gasteiger partial charge is 0.461 e. The molecule has 3 N–H and O–H groups in total. The van der Waals surface area contributed by atoms with Crippen LogP contribution in [0.2, 0.25) is 0 Å². The molecule has 0 saturated carbocycles. The second kappa shape index (κ2) is 11.4. The highest BCUT2D eigenvalue weighted by atomic mass is 16.5. The van der Waals surface area contributed by atoms with Crippen molar-refractivity contribution in [1.82, 2.24) is 10.3 Å². The van der Waals surface area contributed by atoms with Crippen molar-refractivity contribution in [3.8, 4) is 0 Å². The number of nitrogens with one attached hydrogen (secondary N) is 3. The first-order valence-corrected chi connectivity index (χ1v) is 10.5. The Morgan fingerprint density at radius 3 is 2.56 bits per heavy atom. The van der Waals surface area contributed by atoms with Crippen LogP contribution in [0.5, 0.6) is 0 Å². The van der Waals surface area contributed by atoms with E-state index >= 15 is 0 Å². The van der Waals surface area contributed by atoms with Crippen LogP contribution < -0.4 is 10.2 Å². The van der Waals surface area contributed by atoms with Crippen LogP contribution >= 0.6 is 0 Å². The van der Waals surface area contributed by atoms with Gasteiger partial charge in [-0.05, 0) is 31.9 Å². The van der Waals surface area contributed by atoms with Crippen LogP contribution in [0.1, 0.15) is 32.3 Å². The Morgan fingerprint density at radius 1 is 1.25 bits per heavy atom. The molecule has 0 aliphatic heterocycles. The van der Waals surface area contributed by atoms with Crippen molar-refractivity contribution < 1.29 is 23.9 Å². The van der Waals surface area contributed by atoms with Crippen molar-refractivity contribution in [2.45, 2.75) is 51.4 Å². The van der Waals surface area contributed by atoms with E-state index in [1.807, 2.05) is 43.4 Å². The fourth-order valence-corrected chi connectivity index (χ4v) is 3.41. The number of methoxy groups -OCH3 is 1. The van der Waals surface area contributed by atoms with E-state index in [2.05, 4.69) is 10.3 Å². The van der Waals surface area contributed by atoms with Crippen molar-refractivity contribution in [3.05, 3.63) is 30.0 Å². The Labute approximate surface area is 188 Å². The van der Waals surface area contributed by atoms with Gasteiger partial charge in [-0.3, -0.25) is 9.59 Å². The molecule has 0 bridgehead atoms. The number of fused-ring (bicyclic) bond motifs is 1. The number of aromatic amines is 1. The number of anilines is 1. The second-order valence-electron chi connectivity index (χ2n) is 8.03. The lowest BCUT2D eigenvalue weighted by atomic mass is 10.0. The van der Waals surface area contributed by atoms with E-state index in [-0.39, 0.29) is 18.9 Å². The number of H-pyrrole nitrogens is 1. The summed E-state index contributed by atoms with van der Waals surface area (Å²) in [6.45, 7) is 3.41. The Hall–Kier alpha value is -3.20. The third-order valence-corrected chi connectivity index (χ3v) is 5.04. The number of amides is 1. The van der Waals surface area contributed by atoms with Gasteiger partial charge in [0.15, 0.2) is 5.78 Å². The number of Topliss-reactive ketones (excluding diaryl/α,β-unsaturated/α-hetero) is 1. The van der Waals surface area contributed by atoms with Crippen LogP contribution in [-0.2, 0) is 30.3 Å². The maximum atomic E-state index is 12.9. The lowest BCUT2D eigenvalue weighted by Crippen LogP contribution is -2.48. The highest BCUT2D eigenvalue weighted by Crippen LogP contribution is 2.28. The number of ketones is 1. The van der Waals surface area contributed by atoms with Gasteiger partial charge in [0.2, 0.25) is 5.91 Å². The molecule has 0 spiro atoms. The van der Waals surface area contributed by atoms with Gasteiger partial charge in [0.25, 0.3) is 0 Å². The monoisotopic (exact) mass is 444 g/mol. The average Bonchev–Trinajstić information content (AvgIpc) is 3.16. The molecule has 0 aliphatic rings. The Morgan fingerprint density at radius 2 is 1.97 bits per heavy atom. The van der Waals surface area contributed by atoms with Crippen LogP contribution in [0.15, 0.2) is 24.4 Å². The van der Waals surface area contributed by atoms with Gasteiger partial charge in [-0.25, -0.2) is 4.79 Å². The quantitative estimate of drug-likeness (QED) is 0.341. The van der Waals surface area contributed by atoms with Crippen molar-refractivity contribution in [3.63, 3.8) is 0 Å². The molecule has 2 rings (SSSR count). The van der Waals surface area contributed by atoms with Crippen LogP contribution in [0, 0.1) is 5.41 Å². The molecule has 1 aromatic heterocycles. The zero-order valence-electron chi connectivity index (χ0n) is 19.2. The first-order chi connectivity index (χ1) is 15.2. The molecule has 2 aromatic rings. The first-order valence-electron chi connectivity index (χ1n) is 10.5. The standard InChI is InChI=1S/C23H32N4O5/c1-14(2)32-23(30)18(10-9-16(28)12-24)26-22(29)20(31-5)11-15-13-25-21-17(15)7-6-8-19(21)27(3)4/h6-8,12-14,18,20,24-25H,9-11H2,1-5H3,(H,26,29)/t18-,20-/m0/s1. The first kappa shape index (κ1) is 25.1. The van der Waals surface area contributed by atoms with Crippen LogP contribution in [0.4, 0.5) is 5.69 Å². The minimum atomic E-state index is -1.00. The number of para-hydroxylation sites is 1. The topological polar surface area (TPSA) is 125 Å². The molecule has 32 heavy (non-hydrogen) atoms. The van der Waals surface area contributed by atoms with Gasteiger partial charge in [-0.15, -0.1) is 0 Å². The Bertz CT molecular complexity index is 966. The molecule has 1 heterocycles. The van der Waals surface area contributed by atoms with Gasteiger partial charge in [0, 0.05) is 45.6 Å². The molecule has 0 saturated heterocycles. The second-order valence-corrected chi connectivity index (χ2v) is 8.03. The lowest BCUT2D eigenvalue weighted by Gasteiger charge is -2.22. The van der Waals surface area contributed by atoms with Crippen molar-refractivity contribution >= 4 is 40.5 Å². The molecule has 9 nitrogen and oxygen atoms in total. The number of hydrogen-bond donors (Lipinski definition) is 3. The Balaban J connectivity index is 2.18. The molecule has 2 atom stereocenters. The number of esters is 1. The van der Waals surface area contributed by atoms with Crippen LogP contribution in [0.3, 0.4) is 0 Å². The molecule has 0 fully saturated rings. The van der Waals surface area contributed by atoms with Crippen LogP contribution in [-0.4, -0.2) is 68.3 Å². The highest BCUT2D eigenvalue weighted by molar-refractivity contribution is 6.26. The van der Waals surface area contributed by atoms with Gasteiger partial charge < -0.3 is 30.1 Å². The molecular formula is C23H32N4O5. The molecule has 0 unspecified atom stereocenters. The van der Waals surface area contributed by atoms with Crippen molar-refractivity contribution in [2.24, 2.45) is 0 Å². The van der Waals surface area contributed by atoms with Gasteiger partial charge in [0.05, 0.1) is 23.5 Å². The van der Waals surface area contributed by atoms with Crippen molar-refractivity contribution in [1.29, 1.82) is 5.41 Å². The normalized spacial score (nSPS) is 12.9. The number of carbonyl (C=O) groups is 3. The number of rotatable bonds is 12. The van der Waals surface area contributed by atoms with Gasteiger partial charge >= 0.3 is 5.97 Å². The van der Waals surface area contributed by atoms with E-state index < -0.39 is 29.8 Å². The minimum absolute atomic E-state index is 0.0429. The van der Waals surface area contributed by atoms with E-state index in [1.165, 1.54) is 7.11 Å². The van der Waals surface area contributed by atoms with E-state index in [0.29, 0.717) is 12.6 Å². The van der Waals surface area contributed by atoms with E-state index in [9.17, 15) is 14.4 Å². The molecule has 1 amide bonds.